The highest BCUT2D eigenvalue weighted by Crippen LogP contribution is 2.12. The van der Waals surface area contributed by atoms with Crippen LogP contribution in [0.5, 0.6) is 0 Å². The number of morpholine rings is 1. The van der Waals surface area contributed by atoms with E-state index in [1.165, 1.54) is 5.56 Å². The van der Waals surface area contributed by atoms with Crippen LogP contribution < -0.4 is 5.32 Å². The summed E-state index contributed by atoms with van der Waals surface area (Å²) in [5, 5.41) is 2.97. The zero-order valence-corrected chi connectivity index (χ0v) is 11.7. The fraction of sp³-hybridized carbons (Fsp3) is 0.533. The standard InChI is InChI=1S/C15H22N2O2/c1-3-13-4-6-14(7-5-13)16-15(18)12(2)17-8-10-19-11-9-17/h4-7,12H,3,8-11H2,1-2H3,(H,16,18). The van der Waals surface area contributed by atoms with E-state index < -0.39 is 0 Å². The fourth-order valence-electron chi connectivity index (χ4n) is 2.20. The van der Waals surface area contributed by atoms with Crippen LogP contribution in [0.3, 0.4) is 0 Å². The molecule has 1 fully saturated rings. The molecule has 19 heavy (non-hydrogen) atoms. The van der Waals surface area contributed by atoms with Crippen LogP contribution in [0.15, 0.2) is 24.3 Å². The molecular formula is C15H22N2O2. The number of nitrogens with zero attached hydrogens (tertiary/aromatic N) is 1. The van der Waals surface area contributed by atoms with Gasteiger partial charge in [0.05, 0.1) is 19.3 Å². The van der Waals surface area contributed by atoms with Crippen LogP contribution in [-0.4, -0.2) is 43.2 Å². The number of hydrogen-bond acceptors (Lipinski definition) is 3. The van der Waals surface area contributed by atoms with Crippen LogP contribution in [0.1, 0.15) is 19.4 Å². The summed E-state index contributed by atoms with van der Waals surface area (Å²) < 4.78 is 5.30. The van der Waals surface area contributed by atoms with Crippen molar-refractivity contribution in [3.63, 3.8) is 0 Å². The van der Waals surface area contributed by atoms with Crippen LogP contribution >= 0.6 is 0 Å². The highest BCUT2D eigenvalue weighted by Gasteiger charge is 2.22. The molecule has 4 nitrogen and oxygen atoms in total. The lowest BCUT2D eigenvalue weighted by molar-refractivity contribution is -0.122. The number of ether oxygens (including phenoxy) is 1. The smallest absolute Gasteiger partial charge is 0.241 e. The Balaban J connectivity index is 1.91. The number of hydrogen-bond donors (Lipinski definition) is 1. The van der Waals surface area contributed by atoms with E-state index in [2.05, 4.69) is 29.3 Å². The molecule has 1 heterocycles. The van der Waals surface area contributed by atoms with E-state index in [9.17, 15) is 4.79 Å². The third-order valence-corrected chi connectivity index (χ3v) is 3.60. The van der Waals surface area contributed by atoms with Crippen molar-refractivity contribution in [1.82, 2.24) is 4.90 Å². The molecule has 2 rings (SSSR count). The van der Waals surface area contributed by atoms with Gasteiger partial charge in [-0.15, -0.1) is 0 Å². The molecule has 0 bridgehead atoms. The van der Waals surface area contributed by atoms with Crippen molar-refractivity contribution in [3.05, 3.63) is 29.8 Å². The quantitative estimate of drug-likeness (QED) is 0.901. The van der Waals surface area contributed by atoms with Crippen LogP contribution in [0.25, 0.3) is 0 Å². The van der Waals surface area contributed by atoms with Crippen molar-refractivity contribution >= 4 is 11.6 Å². The molecule has 0 radical (unpaired) electrons. The summed E-state index contributed by atoms with van der Waals surface area (Å²) in [6, 6.07) is 7.91. The Kier molecular flexibility index (Phi) is 4.93. The third-order valence-electron chi connectivity index (χ3n) is 3.60. The molecule has 1 aromatic rings. The molecule has 0 spiro atoms. The summed E-state index contributed by atoms with van der Waals surface area (Å²) >= 11 is 0. The number of carbonyl (C=O) groups is 1. The van der Waals surface area contributed by atoms with Gasteiger partial charge in [-0.2, -0.15) is 0 Å². The van der Waals surface area contributed by atoms with E-state index in [-0.39, 0.29) is 11.9 Å². The number of nitrogens with one attached hydrogen (secondary N) is 1. The first kappa shape index (κ1) is 14.0. The fourth-order valence-corrected chi connectivity index (χ4v) is 2.20. The van der Waals surface area contributed by atoms with Gasteiger partial charge in [-0.25, -0.2) is 0 Å². The Morgan fingerprint density at radius 1 is 1.32 bits per heavy atom. The summed E-state index contributed by atoms with van der Waals surface area (Å²) in [7, 11) is 0. The molecule has 0 saturated carbocycles. The Hall–Kier alpha value is -1.39. The normalized spacial score (nSPS) is 18.0. The Bertz CT molecular complexity index is 411. The lowest BCUT2D eigenvalue weighted by Gasteiger charge is -2.31. The molecule has 1 N–H and O–H groups in total. The van der Waals surface area contributed by atoms with E-state index >= 15 is 0 Å². The van der Waals surface area contributed by atoms with Crippen molar-refractivity contribution in [1.29, 1.82) is 0 Å². The van der Waals surface area contributed by atoms with E-state index in [4.69, 9.17) is 4.74 Å². The zero-order valence-electron chi connectivity index (χ0n) is 11.7. The minimum absolute atomic E-state index is 0.0474. The van der Waals surface area contributed by atoms with Gasteiger partial charge in [0.25, 0.3) is 0 Å². The molecule has 1 saturated heterocycles. The Morgan fingerprint density at radius 3 is 2.53 bits per heavy atom. The predicted molar refractivity (Wildman–Crippen MR) is 76.3 cm³/mol. The molecular weight excluding hydrogens is 240 g/mol. The SMILES string of the molecule is CCc1ccc(NC(=O)C(C)N2CCOCC2)cc1. The van der Waals surface area contributed by atoms with Crippen molar-refractivity contribution in [2.24, 2.45) is 0 Å². The maximum absolute atomic E-state index is 12.2. The second-order valence-electron chi connectivity index (χ2n) is 4.86. The van der Waals surface area contributed by atoms with E-state index in [1.807, 2.05) is 19.1 Å². The van der Waals surface area contributed by atoms with Gasteiger partial charge >= 0.3 is 0 Å². The first-order valence-corrected chi connectivity index (χ1v) is 6.92. The van der Waals surface area contributed by atoms with Gasteiger partial charge in [-0.3, -0.25) is 9.69 Å². The largest absolute Gasteiger partial charge is 0.379 e. The minimum atomic E-state index is -0.116. The molecule has 4 heteroatoms. The third kappa shape index (κ3) is 3.78. The van der Waals surface area contributed by atoms with Crippen LogP contribution in [-0.2, 0) is 16.0 Å². The van der Waals surface area contributed by atoms with E-state index in [1.54, 1.807) is 0 Å². The van der Waals surface area contributed by atoms with Gasteiger partial charge in [-0.05, 0) is 31.0 Å². The van der Waals surface area contributed by atoms with Crippen molar-refractivity contribution in [2.75, 3.05) is 31.6 Å². The topological polar surface area (TPSA) is 41.6 Å². The molecule has 1 atom stereocenters. The van der Waals surface area contributed by atoms with Crippen LogP contribution in [0.2, 0.25) is 0 Å². The minimum Gasteiger partial charge on any atom is -0.379 e. The summed E-state index contributed by atoms with van der Waals surface area (Å²) in [6.07, 6.45) is 1.01. The van der Waals surface area contributed by atoms with Crippen LogP contribution in [0, 0.1) is 0 Å². The van der Waals surface area contributed by atoms with Crippen molar-refractivity contribution in [2.45, 2.75) is 26.3 Å². The summed E-state index contributed by atoms with van der Waals surface area (Å²) in [4.78, 5) is 14.3. The average Bonchev–Trinajstić information content (AvgIpc) is 2.48. The first-order valence-electron chi connectivity index (χ1n) is 6.92. The van der Waals surface area contributed by atoms with Gasteiger partial charge in [0.15, 0.2) is 0 Å². The summed E-state index contributed by atoms with van der Waals surface area (Å²) in [5.41, 5.74) is 2.14. The summed E-state index contributed by atoms with van der Waals surface area (Å²) in [6.45, 7) is 7.13. The van der Waals surface area contributed by atoms with Gasteiger partial charge < -0.3 is 10.1 Å². The maximum atomic E-state index is 12.2. The Labute approximate surface area is 114 Å². The number of rotatable bonds is 4. The predicted octanol–water partition coefficient (Wildman–Crippen LogP) is 1.91. The van der Waals surface area contributed by atoms with Gasteiger partial charge in [-0.1, -0.05) is 19.1 Å². The van der Waals surface area contributed by atoms with Crippen molar-refractivity contribution < 1.29 is 9.53 Å². The van der Waals surface area contributed by atoms with E-state index in [0.717, 1.165) is 25.2 Å². The molecule has 0 aliphatic carbocycles. The second-order valence-corrected chi connectivity index (χ2v) is 4.86. The van der Waals surface area contributed by atoms with Gasteiger partial charge in [0, 0.05) is 18.8 Å². The molecule has 1 aromatic carbocycles. The average molecular weight is 262 g/mol. The second kappa shape index (κ2) is 6.68. The molecule has 1 unspecified atom stereocenters. The number of anilines is 1. The lowest BCUT2D eigenvalue weighted by Crippen LogP contribution is -2.47. The number of amides is 1. The molecule has 1 aliphatic rings. The maximum Gasteiger partial charge on any atom is 0.241 e. The van der Waals surface area contributed by atoms with Gasteiger partial charge in [0.1, 0.15) is 0 Å². The number of carbonyl (C=O) groups excluding carboxylic acids is 1. The highest BCUT2D eigenvalue weighted by atomic mass is 16.5. The Morgan fingerprint density at radius 2 is 1.95 bits per heavy atom. The van der Waals surface area contributed by atoms with Crippen molar-refractivity contribution in [3.8, 4) is 0 Å². The monoisotopic (exact) mass is 262 g/mol. The molecule has 0 aromatic heterocycles. The highest BCUT2D eigenvalue weighted by molar-refractivity contribution is 5.94. The molecule has 104 valence electrons. The lowest BCUT2D eigenvalue weighted by atomic mass is 10.1. The van der Waals surface area contributed by atoms with Crippen LogP contribution in [0.4, 0.5) is 5.69 Å². The zero-order chi connectivity index (χ0) is 13.7. The summed E-state index contributed by atoms with van der Waals surface area (Å²) in [5.74, 6) is 0.0474. The number of benzene rings is 1. The van der Waals surface area contributed by atoms with E-state index in [0.29, 0.717) is 13.2 Å². The number of aryl methyl sites for hydroxylation is 1. The molecule has 1 amide bonds. The molecule has 1 aliphatic heterocycles. The van der Waals surface area contributed by atoms with Gasteiger partial charge in [0.2, 0.25) is 5.91 Å². The first-order chi connectivity index (χ1) is 9.20.